The van der Waals surface area contributed by atoms with Gasteiger partial charge in [0.05, 0.1) is 30.3 Å². The third-order valence-corrected chi connectivity index (χ3v) is 5.43. The molecular weight excluding hydrogens is 465 g/mol. The molecular formula is C23H21F3N6O3. The lowest BCUT2D eigenvalue weighted by Gasteiger charge is -2.25. The van der Waals surface area contributed by atoms with E-state index in [1.807, 2.05) is 0 Å². The number of carbonyl (C=O) groups is 1. The molecule has 0 saturated heterocycles. The highest BCUT2D eigenvalue weighted by Crippen LogP contribution is 2.32. The van der Waals surface area contributed by atoms with Crippen LogP contribution in [0.3, 0.4) is 0 Å². The number of amides is 1. The van der Waals surface area contributed by atoms with Crippen LogP contribution >= 0.6 is 0 Å². The number of nitrogens with zero attached hydrogens (tertiary/aromatic N) is 4. The van der Waals surface area contributed by atoms with Gasteiger partial charge in [-0.25, -0.2) is 18.2 Å². The number of nitrogens with one attached hydrogen (secondary N) is 2. The van der Waals surface area contributed by atoms with Gasteiger partial charge in [-0.05, 0) is 36.4 Å². The summed E-state index contributed by atoms with van der Waals surface area (Å²) in [5.41, 5.74) is -0.741. The minimum absolute atomic E-state index is 0.0848. The Hall–Kier alpha value is -4.03. The maximum absolute atomic E-state index is 15.3. The lowest BCUT2D eigenvalue weighted by Crippen LogP contribution is -2.48. The summed E-state index contributed by atoms with van der Waals surface area (Å²) in [6.07, 6.45) is 1.92. The van der Waals surface area contributed by atoms with Crippen LogP contribution in [0, 0.1) is 17.5 Å². The molecule has 0 fully saturated rings. The summed E-state index contributed by atoms with van der Waals surface area (Å²) in [5.74, 6) is -3.02. The molecule has 0 saturated carbocycles. The maximum atomic E-state index is 15.3. The number of hydrogen-bond acceptors (Lipinski definition) is 6. The zero-order chi connectivity index (χ0) is 24.9. The van der Waals surface area contributed by atoms with Crippen molar-refractivity contribution in [2.24, 2.45) is 0 Å². The Morgan fingerprint density at radius 2 is 1.97 bits per heavy atom. The van der Waals surface area contributed by atoms with Crippen molar-refractivity contribution in [3.05, 3.63) is 78.1 Å². The first-order chi connectivity index (χ1) is 16.9. The highest BCUT2D eigenvalue weighted by atomic mass is 19.1. The van der Waals surface area contributed by atoms with Crippen molar-refractivity contribution in [2.45, 2.75) is 18.7 Å². The van der Waals surface area contributed by atoms with Crippen molar-refractivity contribution >= 4 is 5.91 Å². The van der Waals surface area contributed by atoms with E-state index in [9.17, 15) is 18.7 Å². The zero-order valence-corrected chi connectivity index (χ0v) is 18.5. The fourth-order valence-electron chi connectivity index (χ4n) is 3.65. The Bertz CT molecular complexity index is 1290. The Labute approximate surface area is 197 Å². The molecule has 2 heterocycles. The Kier molecular flexibility index (Phi) is 7.22. The van der Waals surface area contributed by atoms with Gasteiger partial charge in [-0.15, -0.1) is 0 Å². The van der Waals surface area contributed by atoms with E-state index in [0.29, 0.717) is 5.56 Å². The van der Waals surface area contributed by atoms with Gasteiger partial charge in [0.15, 0.2) is 5.82 Å². The van der Waals surface area contributed by atoms with Crippen LogP contribution in [-0.4, -0.2) is 61.8 Å². The average molecular weight is 486 g/mol. The molecule has 4 aromatic rings. The van der Waals surface area contributed by atoms with Crippen molar-refractivity contribution in [3.8, 4) is 22.5 Å². The Balaban J connectivity index is 1.69. The molecule has 0 radical (unpaired) electrons. The minimum atomic E-state index is -0.903. The minimum Gasteiger partial charge on any atom is -0.394 e. The fourth-order valence-corrected chi connectivity index (χ4v) is 3.65. The van der Waals surface area contributed by atoms with Crippen molar-refractivity contribution in [1.29, 1.82) is 0 Å². The second-order valence-corrected chi connectivity index (χ2v) is 7.58. The van der Waals surface area contributed by atoms with Crippen LogP contribution in [0.1, 0.15) is 10.4 Å². The SMILES string of the molecule is CO[C@H](CO)[C@@H](Cn1cncn1)NC(=O)c1cccc(F)c1-c1n[nH]c(-c2ccc(F)cc2)c1F. The van der Waals surface area contributed by atoms with Crippen LogP contribution in [0.25, 0.3) is 22.5 Å². The second-order valence-electron chi connectivity index (χ2n) is 7.58. The van der Waals surface area contributed by atoms with Crippen LogP contribution < -0.4 is 5.32 Å². The molecule has 2 aromatic heterocycles. The molecule has 0 aliphatic carbocycles. The first-order valence-corrected chi connectivity index (χ1v) is 10.5. The topological polar surface area (TPSA) is 118 Å². The van der Waals surface area contributed by atoms with E-state index >= 15 is 4.39 Å². The predicted octanol–water partition coefficient (Wildman–Crippen LogP) is 2.56. The molecule has 12 heteroatoms. The summed E-state index contributed by atoms with van der Waals surface area (Å²) < 4.78 is 50.2. The highest BCUT2D eigenvalue weighted by Gasteiger charge is 2.28. The number of aromatic amines is 1. The van der Waals surface area contributed by atoms with Crippen LogP contribution in [-0.2, 0) is 11.3 Å². The molecule has 9 nitrogen and oxygen atoms in total. The van der Waals surface area contributed by atoms with Gasteiger partial charge in [-0.1, -0.05) is 6.07 Å². The quantitative estimate of drug-likeness (QED) is 0.335. The van der Waals surface area contributed by atoms with Crippen molar-refractivity contribution in [2.75, 3.05) is 13.7 Å². The number of aliphatic hydroxyl groups excluding tert-OH is 1. The van der Waals surface area contributed by atoms with Gasteiger partial charge in [0.25, 0.3) is 5.91 Å². The Morgan fingerprint density at radius 1 is 1.20 bits per heavy atom. The molecule has 0 bridgehead atoms. The molecule has 1 amide bonds. The van der Waals surface area contributed by atoms with Gasteiger partial charge >= 0.3 is 0 Å². The largest absolute Gasteiger partial charge is 0.394 e. The molecule has 0 aliphatic heterocycles. The zero-order valence-electron chi connectivity index (χ0n) is 18.5. The number of methoxy groups -OCH3 is 1. The van der Waals surface area contributed by atoms with Crippen LogP contribution in [0.15, 0.2) is 55.1 Å². The standard InChI is InChI=1S/C23H21F3N6O3/c1-35-18(10-33)17(9-32-12-27-11-28-32)29-23(34)15-3-2-4-16(25)19(15)22-20(26)21(30-31-22)13-5-7-14(24)8-6-13/h2-8,11-12,17-18,33H,9-10H2,1H3,(H,29,34)(H,30,31)/t17-,18-/m1/s1. The van der Waals surface area contributed by atoms with Gasteiger partial charge in [0.1, 0.15) is 41.8 Å². The molecule has 0 aliphatic rings. The fraction of sp³-hybridized carbons (Fsp3) is 0.217. The molecule has 4 rings (SSSR count). The van der Waals surface area contributed by atoms with Gasteiger partial charge < -0.3 is 15.2 Å². The lowest BCUT2D eigenvalue weighted by atomic mass is 10.0. The van der Waals surface area contributed by atoms with Crippen LogP contribution in [0.4, 0.5) is 13.2 Å². The third kappa shape index (κ3) is 5.08. The van der Waals surface area contributed by atoms with Gasteiger partial charge in [-0.3, -0.25) is 14.6 Å². The van der Waals surface area contributed by atoms with E-state index in [-0.39, 0.29) is 23.4 Å². The number of H-pyrrole nitrogens is 1. The third-order valence-electron chi connectivity index (χ3n) is 5.43. The van der Waals surface area contributed by atoms with E-state index in [1.165, 1.54) is 48.7 Å². The number of halogens is 3. The normalized spacial score (nSPS) is 12.9. The molecule has 2 atom stereocenters. The number of benzene rings is 2. The van der Waals surface area contributed by atoms with Crippen LogP contribution in [0.5, 0.6) is 0 Å². The molecule has 2 aromatic carbocycles. The first-order valence-electron chi connectivity index (χ1n) is 10.5. The van der Waals surface area contributed by atoms with Crippen LogP contribution in [0.2, 0.25) is 0 Å². The molecule has 182 valence electrons. The number of carbonyl (C=O) groups excluding carboxylic acids is 1. The number of rotatable bonds is 9. The molecule has 0 spiro atoms. The van der Waals surface area contributed by atoms with Gasteiger partial charge in [0.2, 0.25) is 0 Å². The lowest BCUT2D eigenvalue weighted by molar-refractivity contribution is 0.0166. The summed E-state index contributed by atoms with van der Waals surface area (Å²) in [6, 6.07) is 7.93. The first kappa shape index (κ1) is 24.1. The summed E-state index contributed by atoms with van der Waals surface area (Å²) in [5, 5.41) is 22.7. The number of aromatic nitrogens is 5. The van der Waals surface area contributed by atoms with E-state index in [0.717, 1.165) is 18.2 Å². The second kappa shape index (κ2) is 10.5. The van der Waals surface area contributed by atoms with Crippen molar-refractivity contribution in [3.63, 3.8) is 0 Å². The summed E-state index contributed by atoms with van der Waals surface area (Å²) in [7, 11) is 1.37. The van der Waals surface area contributed by atoms with Crippen molar-refractivity contribution < 1.29 is 27.8 Å². The number of hydrogen-bond donors (Lipinski definition) is 3. The summed E-state index contributed by atoms with van der Waals surface area (Å²) in [6.45, 7) is -0.317. The molecule has 0 unspecified atom stereocenters. The van der Waals surface area contributed by atoms with E-state index in [2.05, 4.69) is 25.6 Å². The van der Waals surface area contributed by atoms with Gasteiger partial charge in [0, 0.05) is 12.7 Å². The number of aliphatic hydroxyl groups is 1. The molecule has 35 heavy (non-hydrogen) atoms. The summed E-state index contributed by atoms with van der Waals surface area (Å²) in [4.78, 5) is 17.1. The molecule has 3 N–H and O–H groups in total. The maximum Gasteiger partial charge on any atom is 0.252 e. The van der Waals surface area contributed by atoms with E-state index in [4.69, 9.17) is 4.74 Å². The number of ether oxygens (including phenoxy) is 1. The van der Waals surface area contributed by atoms with Crippen molar-refractivity contribution in [1.82, 2.24) is 30.3 Å². The monoisotopic (exact) mass is 486 g/mol. The van der Waals surface area contributed by atoms with E-state index < -0.39 is 47.8 Å². The average Bonchev–Trinajstić information content (AvgIpc) is 3.50. The summed E-state index contributed by atoms with van der Waals surface area (Å²) >= 11 is 0. The smallest absolute Gasteiger partial charge is 0.252 e. The Morgan fingerprint density at radius 3 is 2.63 bits per heavy atom. The predicted molar refractivity (Wildman–Crippen MR) is 118 cm³/mol. The van der Waals surface area contributed by atoms with Gasteiger partial charge in [-0.2, -0.15) is 10.2 Å². The highest BCUT2D eigenvalue weighted by molar-refractivity contribution is 6.01. The van der Waals surface area contributed by atoms with E-state index in [1.54, 1.807) is 0 Å².